The molecule has 2 aromatic heterocycles. The van der Waals surface area contributed by atoms with Gasteiger partial charge in [0.2, 0.25) is 0 Å². The molecule has 0 atom stereocenters. The van der Waals surface area contributed by atoms with E-state index < -0.39 is 30.0 Å². The highest BCUT2D eigenvalue weighted by molar-refractivity contribution is 7.13. The van der Waals surface area contributed by atoms with E-state index in [-0.39, 0.29) is 11.3 Å². The van der Waals surface area contributed by atoms with Gasteiger partial charge >= 0.3 is 5.97 Å². The Bertz CT molecular complexity index is 952. The van der Waals surface area contributed by atoms with Crippen LogP contribution in [0.5, 0.6) is 0 Å². The number of rotatable bonds is 5. The first kappa shape index (κ1) is 16.9. The second kappa shape index (κ2) is 6.89. The highest BCUT2D eigenvalue weighted by Gasteiger charge is 2.17. The number of Topliss-reactive ketones (excluding diaryl/α,β-unsaturated/α-hetero) is 1. The van der Waals surface area contributed by atoms with Crippen molar-refractivity contribution in [3.8, 4) is 10.6 Å². The molecule has 0 radical (unpaired) electrons. The summed E-state index contributed by atoms with van der Waals surface area (Å²) in [7, 11) is 1.76. The van der Waals surface area contributed by atoms with E-state index in [1.807, 2.05) is 0 Å². The Morgan fingerprint density at radius 3 is 2.76 bits per heavy atom. The lowest BCUT2D eigenvalue weighted by Crippen LogP contribution is -2.14. The predicted octanol–water partition coefficient (Wildman–Crippen LogP) is 2.86. The molecule has 0 saturated carbocycles. The molecule has 0 fully saturated rings. The van der Waals surface area contributed by atoms with Gasteiger partial charge in [0.05, 0.1) is 6.20 Å². The van der Waals surface area contributed by atoms with Crippen molar-refractivity contribution in [3.05, 3.63) is 58.9 Å². The van der Waals surface area contributed by atoms with Crippen LogP contribution >= 0.6 is 11.3 Å². The van der Waals surface area contributed by atoms with Crippen molar-refractivity contribution in [2.75, 3.05) is 6.61 Å². The van der Waals surface area contributed by atoms with Crippen LogP contribution in [0.1, 0.15) is 20.8 Å². The van der Waals surface area contributed by atoms with Crippen LogP contribution in [0.4, 0.5) is 8.78 Å². The number of aryl methyl sites for hydroxylation is 1. The minimum Gasteiger partial charge on any atom is -0.453 e. The number of ketones is 1. The lowest BCUT2D eigenvalue weighted by Gasteiger charge is -2.03. The summed E-state index contributed by atoms with van der Waals surface area (Å²) in [6.07, 6.45) is 3.36. The van der Waals surface area contributed by atoms with Crippen molar-refractivity contribution in [1.82, 2.24) is 14.8 Å². The first-order chi connectivity index (χ1) is 11.9. The third kappa shape index (κ3) is 3.77. The van der Waals surface area contributed by atoms with Gasteiger partial charge in [0.15, 0.2) is 29.7 Å². The minimum absolute atomic E-state index is 0.0574. The fraction of sp³-hybridized carbons (Fsp3) is 0.125. The summed E-state index contributed by atoms with van der Waals surface area (Å²) >= 11 is 1.24. The molecular formula is C16H11F2N3O3S. The Kier molecular flexibility index (Phi) is 4.66. The minimum atomic E-state index is -1.14. The molecule has 0 bridgehead atoms. The quantitative estimate of drug-likeness (QED) is 0.515. The number of esters is 1. The fourth-order valence-electron chi connectivity index (χ4n) is 1.99. The topological polar surface area (TPSA) is 74.1 Å². The van der Waals surface area contributed by atoms with Crippen LogP contribution < -0.4 is 0 Å². The fourth-order valence-corrected chi connectivity index (χ4v) is 2.75. The maximum atomic E-state index is 13.1. The molecule has 0 amide bonds. The lowest BCUT2D eigenvalue weighted by atomic mass is 10.1. The normalized spacial score (nSPS) is 10.7. The summed E-state index contributed by atoms with van der Waals surface area (Å²) in [6.45, 7) is -0.594. The molecule has 3 rings (SSSR count). The molecular weight excluding hydrogens is 352 g/mol. The van der Waals surface area contributed by atoms with Crippen molar-refractivity contribution in [2.45, 2.75) is 0 Å². The van der Waals surface area contributed by atoms with E-state index in [4.69, 9.17) is 4.74 Å². The van der Waals surface area contributed by atoms with Crippen molar-refractivity contribution in [2.24, 2.45) is 7.05 Å². The summed E-state index contributed by atoms with van der Waals surface area (Å²) in [5.74, 6) is -3.62. The molecule has 6 nitrogen and oxygen atoms in total. The lowest BCUT2D eigenvalue weighted by molar-refractivity contribution is 0.0469. The van der Waals surface area contributed by atoms with Crippen LogP contribution in [0.2, 0.25) is 0 Å². The number of carbonyl (C=O) groups excluding carboxylic acids is 2. The van der Waals surface area contributed by atoms with Crippen LogP contribution in [0.3, 0.4) is 0 Å². The summed E-state index contributed by atoms with van der Waals surface area (Å²) < 4.78 is 32.5. The monoisotopic (exact) mass is 363 g/mol. The van der Waals surface area contributed by atoms with Gasteiger partial charge in [-0.25, -0.2) is 18.6 Å². The van der Waals surface area contributed by atoms with Crippen LogP contribution in [0.25, 0.3) is 10.6 Å². The van der Waals surface area contributed by atoms with Crippen molar-refractivity contribution < 1.29 is 23.1 Å². The standard InChI is InChI=1S/C16H11F2N3O3S/c1-21-6-10(5-19-21)15-20-13(8-25-15)16(23)24-7-14(22)9-2-3-11(17)12(18)4-9/h2-6,8H,7H2,1H3. The summed E-state index contributed by atoms with van der Waals surface area (Å²) in [5, 5.41) is 6.12. The van der Waals surface area contributed by atoms with Gasteiger partial charge in [0, 0.05) is 29.8 Å². The van der Waals surface area contributed by atoms with E-state index >= 15 is 0 Å². The van der Waals surface area contributed by atoms with E-state index in [1.165, 1.54) is 16.7 Å². The third-order valence-corrected chi connectivity index (χ3v) is 4.13. The highest BCUT2D eigenvalue weighted by atomic mass is 32.1. The summed E-state index contributed by atoms with van der Waals surface area (Å²) in [6, 6.07) is 2.72. The third-order valence-electron chi connectivity index (χ3n) is 3.24. The number of nitrogens with zero attached hydrogens (tertiary/aromatic N) is 3. The zero-order valence-corrected chi connectivity index (χ0v) is 13.7. The highest BCUT2D eigenvalue weighted by Crippen LogP contribution is 2.23. The Morgan fingerprint density at radius 1 is 1.28 bits per heavy atom. The number of hydrogen-bond donors (Lipinski definition) is 0. The van der Waals surface area contributed by atoms with Gasteiger partial charge in [-0.15, -0.1) is 11.3 Å². The molecule has 1 aromatic carbocycles. The second-order valence-electron chi connectivity index (χ2n) is 5.07. The zero-order chi connectivity index (χ0) is 18.0. The van der Waals surface area contributed by atoms with Crippen LogP contribution in [-0.4, -0.2) is 33.1 Å². The van der Waals surface area contributed by atoms with Crippen LogP contribution in [0, 0.1) is 11.6 Å². The largest absolute Gasteiger partial charge is 0.453 e. The first-order valence-corrected chi connectivity index (χ1v) is 7.92. The number of ether oxygens (including phenoxy) is 1. The molecule has 0 N–H and O–H groups in total. The number of halogens is 2. The van der Waals surface area contributed by atoms with Gasteiger partial charge < -0.3 is 4.74 Å². The van der Waals surface area contributed by atoms with E-state index in [2.05, 4.69) is 10.1 Å². The number of carbonyl (C=O) groups is 2. The predicted molar refractivity (Wildman–Crippen MR) is 85.3 cm³/mol. The number of hydrogen-bond acceptors (Lipinski definition) is 6. The maximum absolute atomic E-state index is 13.1. The van der Waals surface area contributed by atoms with E-state index in [9.17, 15) is 18.4 Å². The van der Waals surface area contributed by atoms with Gasteiger partial charge in [0.25, 0.3) is 0 Å². The smallest absolute Gasteiger partial charge is 0.358 e. The summed E-state index contributed by atoms with van der Waals surface area (Å²) in [5.41, 5.74) is 0.729. The molecule has 128 valence electrons. The average molecular weight is 363 g/mol. The first-order valence-electron chi connectivity index (χ1n) is 7.04. The van der Waals surface area contributed by atoms with Crippen molar-refractivity contribution in [3.63, 3.8) is 0 Å². The molecule has 2 heterocycles. The van der Waals surface area contributed by atoms with Crippen molar-refractivity contribution in [1.29, 1.82) is 0 Å². The molecule has 0 aliphatic heterocycles. The molecule has 25 heavy (non-hydrogen) atoms. The van der Waals surface area contributed by atoms with Gasteiger partial charge in [-0.1, -0.05) is 0 Å². The second-order valence-corrected chi connectivity index (χ2v) is 5.93. The number of aromatic nitrogens is 3. The molecule has 0 saturated heterocycles. The van der Waals surface area contributed by atoms with Gasteiger partial charge in [-0.3, -0.25) is 9.48 Å². The van der Waals surface area contributed by atoms with Gasteiger partial charge in [-0.05, 0) is 18.2 Å². The Balaban J connectivity index is 1.63. The Hall–Kier alpha value is -2.94. The molecule has 0 aliphatic rings. The van der Waals surface area contributed by atoms with E-state index in [1.54, 1.807) is 24.1 Å². The number of thiazole rings is 1. The molecule has 9 heteroatoms. The molecule has 0 spiro atoms. The van der Waals surface area contributed by atoms with E-state index in [0.717, 1.165) is 23.8 Å². The maximum Gasteiger partial charge on any atom is 0.358 e. The van der Waals surface area contributed by atoms with Crippen LogP contribution in [-0.2, 0) is 11.8 Å². The average Bonchev–Trinajstić information content (AvgIpc) is 3.23. The molecule has 3 aromatic rings. The Morgan fingerprint density at radius 2 is 2.08 bits per heavy atom. The van der Waals surface area contributed by atoms with Gasteiger partial charge in [0.1, 0.15) is 5.01 Å². The Labute approximate surface area is 144 Å². The summed E-state index contributed by atoms with van der Waals surface area (Å²) in [4.78, 5) is 28.0. The van der Waals surface area contributed by atoms with E-state index in [0.29, 0.717) is 5.01 Å². The van der Waals surface area contributed by atoms with Crippen LogP contribution in [0.15, 0.2) is 36.0 Å². The SMILES string of the molecule is Cn1cc(-c2nc(C(=O)OCC(=O)c3ccc(F)c(F)c3)cs2)cn1. The number of benzene rings is 1. The zero-order valence-electron chi connectivity index (χ0n) is 12.9. The van der Waals surface area contributed by atoms with Gasteiger partial charge in [-0.2, -0.15) is 5.10 Å². The van der Waals surface area contributed by atoms with Crippen molar-refractivity contribution >= 4 is 23.1 Å². The molecule has 0 unspecified atom stereocenters. The molecule has 0 aliphatic carbocycles.